The molecule has 6 nitrogen and oxygen atoms in total. The fourth-order valence-electron chi connectivity index (χ4n) is 3.25. The van der Waals surface area contributed by atoms with Crippen molar-refractivity contribution in [2.75, 3.05) is 11.9 Å². The number of amides is 1. The molecule has 0 spiro atoms. The first-order chi connectivity index (χ1) is 15.0. The van der Waals surface area contributed by atoms with Gasteiger partial charge in [-0.25, -0.2) is 4.79 Å². The molecule has 32 heavy (non-hydrogen) atoms. The number of nitrogens with zero attached hydrogens (tertiary/aromatic N) is 1. The third kappa shape index (κ3) is 5.88. The lowest BCUT2D eigenvalue weighted by Gasteiger charge is -2.25. The van der Waals surface area contributed by atoms with E-state index in [1.807, 2.05) is 6.07 Å². The van der Waals surface area contributed by atoms with E-state index in [1.54, 1.807) is 29.3 Å². The third-order valence-corrected chi connectivity index (χ3v) is 4.92. The lowest BCUT2D eigenvalue weighted by molar-refractivity contribution is -0.158. The summed E-state index contributed by atoms with van der Waals surface area (Å²) in [5.41, 5.74) is 1.19. The zero-order valence-electron chi connectivity index (χ0n) is 16.8. The summed E-state index contributed by atoms with van der Waals surface area (Å²) in [6.45, 7) is 1.36. The molecule has 2 aromatic carbocycles. The van der Waals surface area contributed by atoms with Crippen LogP contribution in [0.5, 0.6) is 0 Å². The molecule has 0 aromatic heterocycles. The highest BCUT2D eigenvalue weighted by Crippen LogP contribution is 2.35. The third-order valence-electron chi connectivity index (χ3n) is 4.59. The average Bonchev–Trinajstić information content (AvgIpc) is 2.68. The molecule has 168 valence electrons. The standard InChI is InChI=1S/C22H18ClF3N2O4/c1-13(29)32-21(31)12-28-8-7-16-15(11-28)3-2-4-19(16)27-20(30)10-14-5-6-18(23)17(9-14)22(24,25)26/h2-9H,10-12H2,1H3,(H,27,30). The highest BCUT2D eigenvalue weighted by atomic mass is 35.5. The molecular formula is C22H18ClF3N2O4. The average molecular weight is 467 g/mol. The summed E-state index contributed by atoms with van der Waals surface area (Å²) in [6, 6.07) is 8.54. The maximum atomic E-state index is 13.0. The topological polar surface area (TPSA) is 75.7 Å². The summed E-state index contributed by atoms with van der Waals surface area (Å²) in [7, 11) is 0. The van der Waals surface area contributed by atoms with Gasteiger partial charge in [0.15, 0.2) is 0 Å². The molecule has 1 aliphatic heterocycles. The van der Waals surface area contributed by atoms with Crippen LogP contribution >= 0.6 is 11.6 Å². The molecule has 1 N–H and O–H groups in total. The van der Waals surface area contributed by atoms with Crippen molar-refractivity contribution in [3.05, 3.63) is 69.9 Å². The monoisotopic (exact) mass is 466 g/mol. The fraction of sp³-hybridized carbons (Fsp3) is 0.227. The van der Waals surface area contributed by atoms with Crippen LogP contribution in [-0.4, -0.2) is 29.3 Å². The summed E-state index contributed by atoms with van der Waals surface area (Å²) in [6.07, 6.45) is -1.56. The van der Waals surface area contributed by atoms with Crippen molar-refractivity contribution in [3.63, 3.8) is 0 Å². The van der Waals surface area contributed by atoms with Gasteiger partial charge in [-0.15, -0.1) is 0 Å². The molecular weight excluding hydrogens is 449 g/mol. The van der Waals surface area contributed by atoms with E-state index in [2.05, 4.69) is 10.1 Å². The van der Waals surface area contributed by atoms with Gasteiger partial charge in [0, 0.05) is 30.9 Å². The minimum Gasteiger partial charge on any atom is -0.392 e. The van der Waals surface area contributed by atoms with E-state index in [0.717, 1.165) is 24.6 Å². The van der Waals surface area contributed by atoms with Crippen LogP contribution in [0.1, 0.15) is 29.2 Å². The van der Waals surface area contributed by atoms with E-state index >= 15 is 0 Å². The van der Waals surface area contributed by atoms with Gasteiger partial charge in [-0.1, -0.05) is 29.8 Å². The number of rotatable bonds is 5. The maximum Gasteiger partial charge on any atom is 0.417 e. The fourth-order valence-corrected chi connectivity index (χ4v) is 3.48. The largest absolute Gasteiger partial charge is 0.417 e. The lowest BCUT2D eigenvalue weighted by Crippen LogP contribution is -2.29. The van der Waals surface area contributed by atoms with Gasteiger partial charge >= 0.3 is 18.1 Å². The Morgan fingerprint density at radius 3 is 2.62 bits per heavy atom. The van der Waals surface area contributed by atoms with Crippen molar-refractivity contribution in [1.29, 1.82) is 0 Å². The number of halogens is 4. The number of ether oxygens (including phenoxy) is 1. The number of alkyl halides is 3. The maximum absolute atomic E-state index is 13.0. The second-order valence-electron chi connectivity index (χ2n) is 7.10. The van der Waals surface area contributed by atoms with Crippen molar-refractivity contribution < 1.29 is 32.3 Å². The van der Waals surface area contributed by atoms with Crippen LogP contribution in [0.2, 0.25) is 5.02 Å². The van der Waals surface area contributed by atoms with Crippen LogP contribution in [0.4, 0.5) is 18.9 Å². The first kappa shape index (κ1) is 23.3. The minimum atomic E-state index is -4.62. The summed E-state index contributed by atoms with van der Waals surface area (Å²) < 4.78 is 43.6. The predicted molar refractivity (Wildman–Crippen MR) is 111 cm³/mol. The molecule has 3 rings (SSSR count). The molecule has 0 fully saturated rings. The lowest BCUT2D eigenvalue weighted by atomic mass is 10.0. The van der Waals surface area contributed by atoms with Gasteiger partial charge in [-0.2, -0.15) is 13.2 Å². The van der Waals surface area contributed by atoms with E-state index in [1.165, 1.54) is 6.07 Å². The van der Waals surface area contributed by atoms with E-state index in [0.29, 0.717) is 17.8 Å². The number of carbonyl (C=O) groups excluding carboxylic acids is 3. The van der Waals surface area contributed by atoms with E-state index in [9.17, 15) is 27.6 Å². The van der Waals surface area contributed by atoms with Crippen molar-refractivity contribution in [2.24, 2.45) is 0 Å². The summed E-state index contributed by atoms with van der Waals surface area (Å²) in [5, 5.41) is 2.28. The second kappa shape index (κ2) is 9.44. The molecule has 0 atom stereocenters. The first-order valence-corrected chi connectivity index (χ1v) is 9.81. The number of esters is 2. The second-order valence-corrected chi connectivity index (χ2v) is 7.51. The van der Waals surface area contributed by atoms with Gasteiger partial charge in [-0.05, 0) is 35.4 Å². The summed E-state index contributed by atoms with van der Waals surface area (Å²) in [4.78, 5) is 36.7. The smallest absolute Gasteiger partial charge is 0.392 e. The van der Waals surface area contributed by atoms with Crippen molar-refractivity contribution in [3.8, 4) is 0 Å². The van der Waals surface area contributed by atoms with Gasteiger partial charge in [-0.3, -0.25) is 9.59 Å². The SMILES string of the molecule is CC(=O)OC(=O)CN1C=Cc2c(cccc2NC(=O)Cc2ccc(Cl)c(C(F)(F)F)c2)C1. The van der Waals surface area contributed by atoms with Crippen molar-refractivity contribution in [2.45, 2.75) is 26.1 Å². The summed E-state index contributed by atoms with van der Waals surface area (Å²) in [5.74, 6) is -1.87. The number of hydrogen-bond acceptors (Lipinski definition) is 5. The predicted octanol–water partition coefficient (Wildman–Crippen LogP) is 4.42. The Morgan fingerprint density at radius 1 is 1.19 bits per heavy atom. The number of hydrogen-bond donors (Lipinski definition) is 1. The molecule has 1 heterocycles. The van der Waals surface area contributed by atoms with E-state index in [-0.39, 0.29) is 18.5 Å². The summed E-state index contributed by atoms with van der Waals surface area (Å²) >= 11 is 5.62. The number of nitrogens with one attached hydrogen (secondary N) is 1. The number of anilines is 1. The molecule has 0 saturated carbocycles. The van der Waals surface area contributed by atoms with Gasteiger partial charge in [0.1, 0.15) is 6.54 Å². The van der Waals surface area contributed by atoms with E-state index < -0.39 is 34.6 Å². The van der Waals surface area contributed by atoms with Crippen molar-refractivity contribution >= 4 is 41.2 Å². The van der Waals surface area contributed by atoms with Crippen LogP contribution in [0, 0.1) is 0 Å². The molecule has 0 radical (unpaired) electrons. The molecule has 0 unspecified atom stereocenters. The molecule has 0 aliphatic carbocycles. The van der Waals surface area contributed by atoms with Crippen LogP contribution in [0.25, 0.3) is 6.08 Å². The Balaban J connectivity index is 1.69. The van der Waals surface area contributed by atoms with Crippen LogP contribution in [0.3, 0.4) is 0 Å². The molecule has 1 amide bonds. The highest BCUT2D eigenvalue weighted by molar-refractivity contribution is 6.31. The molecule has 0 saturated heterocycles. The molecule has 0 bridgehead atoms. The zero-order chi connectivity index (χ0) is 23.5. The van der Waals surface area contributed by atoms with Crippen LogP contribution in [0.15, 0.2) is 42.6 Å². The van der Waals surface area contributed by atoms with Gasteiger partial charge in [0.2, 0.25) is 5.91 Å². The van der Waals surface area contributed by atoms with Gasteiger partial charge < -0.3 is 15.0 Å². The van der Waals surface area contributed by atoms with Gasteiger partial charge in [0.25, 0.3) is 0 Å². The van der Waals surface area contributed by atoms with Crippen molar-refractivity contribution in [1.82, 2.24) is 4.90 Å². The first-order valence-electron chi connectivity index (χ1n) is 9.44. The van der Waals surface area contributed by atoms with Crippen LogP contribution in [-0.2, 0) is 38.3 Å². The Labute approximate surface area is 186 Å². The number of carbonyl (C=O) groups is 3. The zero-order valence-corrected chi connectivity index (χ0v) is 17.6. The number of fused-ring (bicyclic) bond motifs is 1. The molecule has 2 aromatic rings. The number of benzene rings is 2. The normalized spacial score (nSPS) is 12.8. The molecule has 10 heteroatoms. The Bertz CT molecular complexity index is 1100. The van der Waals surface area contributed by atoms with Crippen LogP contribution < -0.4 is 5.32 Å². The van der Waals surface area contributed by atoms with Gasteiger partial charge in [0.05, 0.1) is 17.0 Å². The minimum absolute atomic E-state index is 0.121. The Hall–Kier alpha value is -3.33. The Morgan fingerprint density at radius 2 is 1.94 bits per heavy atom. The quantitative estimate of drug-likeness (QED) is 0.521. The Kier molecular flexibility index (Phi) is 6.88. The highest BCUT2D eigenvalue weighted by Gasteiger charge is 2.33. The van der Waals surface area contributed by atoms with E-state index in [4.69, 9.17) is 11.6 Å². The molecule has 1 aliphatic rings.